The molecule has 1 aromatic heterocycles. The Balaban J connectivity index is 1.99. The number of esters is 1. The molecule has 0 spiro atoms. The highest BCUT2D eigenvalue weighted by Gasteiger charge is 2.21. The lowest BCUT2D eigenvalue weighted by Crippen LogP contribution is -2.46. The SMILES string of the molecule is CCNC(=O)[C@H](C)NC(=O)COC(=O)c1sc(C)nc1-c1ccccc1. The van der Waals surface area contributed by atoms with E-state index in [-0.39, 0.29) is 5.91 Å². The van der Waals surface area contributed by atoms with E-state index < -0.39 is 24.5 Å². The molecule has 0 saturated carbocycles. The molecule has 8 heteroatoms. The van der Waals surface area contributed by atoms with Crippen LogP contribution in [0.25, 0.3) is 11.3 Å². The first-order valence-corrected chi connectivity index (χ1v) is 9.01. The maximum absolute atomic E-state index is 12.4. The number of hydrogen-bond acceptors (Lipinski definition) is 6. The third-order valence-corrected chi connectivity index (χ3v) is 4.37. The quantitative estimate of drug-likeness (QED) is 0.721. The fraction of sp³-hybridized carbons (Fsp3) is 0.333. The molecule has 2 amide bonds. The van der Waals surface area contributed by atoms with Gasteiger partial charge in [0.25, 0.3) is 5.91 Å². The predicted molar refractivity (Wildman–Crippen MR) is 98.9 cm³/mol. The van der Waals surface area contributed by atoms with Gasteiger partial charge in [-0.1, -0.05) is 30.3 Å². The minimum Gasteiger partial charge on any atom is -0.451 e. The number of nitrogens with zero attached hydrogens (tertiary/aromatic N) is 1. The third kappa shape index (κ3) is 5.13. The van der Waals surface area contributed by atoms with Crippen molar-refractivity contribution in [3.63, 3.8) is 0 Å². The Morgan fingerprint density at radius 1 is 1.23 bits per heavy atom. The van der Waals surface area contributed by atoms with Crippen molar-refractivity contribution >= 4 is 29.1 Å². The molecule has 2 rings (SSSR count). The summed E-state index contributed by atoms with van der Waals surface area (Å²) in [6.07, 6.45) is 0. The summed E-state index contributed by atoms with van der Waals surface area (Å²) >= 11 is 1.21. The Kier molecular flexibility index (Phi) is 6.85. The maximum atomic E-state index is 12.4. The van der Waals surface area contributed by atoms with Crippen molar-refractivity contribution in [3.8, 4) is 11.3 Å². The van der Waals surface area contributed by atoms with Gasteiger partial charge in [0, 0.05) is 12.1 Å². The van der Waals surface area contributed by atoms with E-state index in [0.29, 0.717) is 17.1 Å². The van der Waals surface area contributed by atoms with Crippen molar-refractivity contribution in [2.24, 2.45) is 0 Å². The standard InChI is InChI=1S/C18H21N3O4S/c1-4-19-17(23)11(2)20-14(22)10-25-18(24)16-15(21-12(3)26-16)13-8-6-5-7-9-13/h5-9,11H,4,10H2,1-3H3,(H,19,23)(H,20,22)/t11-/m0/s1. The van der Waals surface area contributed by atoms with Crippen molar-refractivity contribution in [2.45, 2.75) is 26.8 Å². The second kappa shape index (κ2) is 9.10. The van der Waals surface area contributed by atoms with Crippen LogP contribution in [0, 0.1) is 6.92 Å². The van der Waals surface area contributed by atoms with Crippen molar-refractivity contribution in [2.75, 3.05) is 13.2 Å². The Bertz CT molecular complexity index is 789. The molecule has 0 aliphatic carbocycles. The van der Waals surface area contributed by atoms with Crippen LogP contribution in [0.15, 0.2) is 30.3 Å². The van der Waals surface area contributed by atoms with E-state index in [1.807, 2.05) is 30.3 Å². The fourth-order valence-electron chi connectivity index (χ4n) is 2.23. The van der Waals surface area contributed by atoms with E-state index in [2.05, 4.69) is 15.6 Å². The molecule has 2 aromatic rings. The van der Waals surface area contributed by atoms with E-state index in [0.717, 1.165) is 10.6 Å². The molecule has 1 heterocycles. The Labute approximate surface area is 155 Å². The number of thiazole rings is 1. The van der Waals surface area contributed by atoms with Gasteiger partial charge in [-0.3, -0.25) is 9.59 Å². The van der Waals surface area contributed by atoms with Crippen LogP contribution in [0.5, 0.6) is 0 Å². The van der Waals surface area contributed by atoms with E-state index in [4.69, 9.17) is 4.74 Å². The first-order chi connectivity index (χ1) is 12.4. The van der Waals surface area contributed by atoms with E-state index in [1.165, 1.54) is 11.3 Å². The minimum atomic E-state index is -0.702. The number of amides is 2. The van der Waals surface area contributed by atoms with Crippen LogP contribution in [-0.4, -0.2) is 42.0 Å². The highest BCUT2D eigenvalue weighted by molar-refractivity contribution is 7.14. The summed E-state index contributed by atoms with van der Waals surface area (Å²) in [5.41, 5.74) is 1.34. The number of ether oxygens (including phenoxy) is 1. The second-order valence-corrected chi connectivity index (χ2v) is 6.74. The van der Waals surface area contributed by atoms with Crippen LogP contribution in [0.3, 0.4) is 0 Å². The van der Waals surface area contributed by atoms with Crippen LogP contribution in [0.1, 0.15) is 28.5 Å². The van der Waals surface area contributed by atoms with Crippen molar-refractivity contribution in [1.82, 2.24) is 15.6 Å². The van der Waals surface area contributed by atoms with Crippen molar-refractivity contribution in [3.05, 3.63) is 40.2 Å². The summed E-state index contributed by atoms with van der Waals surface area (Å²) in [4.78, 5) is 40.6. The van der Waals surface area contributed by atoms with E-state index >= 15 is 0 Å². The lowest BCUT2D eigenvalue weighted by atomic mass is 10.1. The summed E-state index contributed by atoms with van der Waals surface area (Å²) in [5, 5.41) is 5.81. The number of rotatable bonds is 7. The largest absolute Gasteiger partial charge is 0.451 e. The van der Waals surface area contributed by atoms with Crippen LogP contribution < -0.4 is 10.6 Å². The molecule has 26 heavy (non-hydrogen) atoms. The molecular weight excluding hydrogens is 354 g/mol. The number of hydrogen-bond donors (Lipinski definition) is 2. The molecule has 0 unspecified atom stereocenters. The van der Waals surface area contributed by atoms with Gasteiger partial charge in [0.15, 0.2) is 6.61 Å². The van der Waals surface area contributed by atoms with E-state index in [1.54, 1.807) is 20.8 Å². The third-order valence-electron chi connectivity index (χ3n) is 3.42. The molecule has 0 radical (unpaired) electrons. The molecule has 0 saturated heterocycles. The number of carbonyl (C=O) groups excluding carboxylic acids is 3. The summed E-state index contributed by atoms with van der Waals surface area (Å²) in [6.45, 7) is 5.16. The van der Waals surface area contributed by atoms with Gasteiger partial charge in [0.1, 0.15) is 10.9 Å². The summed E-state index contributed by atoms with van der Waals surface area (Å²) in [5.74, 6) is -1.45. The Morgan fingerprint density at radius 3 is 2.58 bits per heavy atom. The summed E-state index contributed by atoms with van der Waals surface area (Å²) < 4.78 is 5.09. The Hall–Kier alpha value is -2.74. The first-order valence-electron chi connectivity index (χ1n) is 8.19. The minimum absolute atomic E-state index is 0.295. The number of carbonyl (C=O) groups is 3. The number of aromatic nitrogens is 1. The van der Waals surface area contributed by atoms with Gasteiger partial charge in [-0.2, -0.15) is 0 Å². The summed E-state index contributed by atoms with van der Waals surface area (Å²) in [6, 6.07) is 8.59. The molecule has 7 nitrogen and oxygen atoms in total. The monoisotopic (exact) mass is 375 g/mol. The first kappa shape index (κ1) is 19.6. The smallest absolute Gasteiger partial charge is 0.351 e. The van der Waals surface area contributed by atoms with Gasteiger partial charge in [-0.25, -0.2) is 9.78 Å². The maximum Gasteiger partial charge on any atom is 0.351 e. The molecular formula is C18H21N3O4S. The Morgan fingerprint density at radius 2 is 1.92 bits per heavy atom. The molecule has 0 aliphatic rings. The zero-order chi connectivity index (χ0) is 19.1. The highest BCUT2D eigenvalue weighted by atomic mass is 32.1. The van der Waals surface area contributed by atoms with Gasteiger partial charge in [0.05, 0.1) is 10.7 Å². The van der Waals surface area contributed by atoms with Crippen LogP contribution in [0.2, 0.25) is 0 Å². The molecule has 1 atom stereocenters. The number of aryl methyl sites for hydroxylation is 1. The van der Waals surface area contributed by atoms with Crippen molar-refractivity contribution in [1.29, 1.82) is 0 Å². The normalized spacial score (nSPS) is 11.5. The number of benzene rings is 1. The van der Waals surface area contributed by atoms with Crippen LogP contribution in [0.4, 0.5) is 0 Å². The number of nitrogens with one attached hydrogen (secondary N) is 2. The van der Waals surface area contributed by atoms with Crippen LogP contribution >= 0.6 is 11.3 Å². The van der Waals surface area contributed by atoms with E-state index in [9.17, 15) is 14.4 Å². The molecule has 1 aromatic carbocycles. The predicted octanol–water partition coefficient (Wildman–Crippen LogP) is 1.92. The van der Waals surface area contributed by atoms with Gasteiger partial charge in [-0.15, -0.1) is 11.3 Å². The van der Waals surface area contributed by atoms with Gasteiger partial charge >= 0.3 is 5.97 Å². The van der Waals surface area contributed by atoms with Gasteiger partial charge < -0.3 is 15.4 Å². The van der Waals surface area contributed by atoms with Gasteiger partial charge in [0.2, 0.25) is 5.91 Å². The van der Waals surface area contributed by atoms with Crippen LogP contribution in [-0.2, 0) is 14.3 Å². The average Bonchev–Trinajstić information content (AvgIpc) is 3.02. The zero-order valence-electron chi connectivity index (χ0n) is 14.9. The molecule has 0 fully saturated rings. The fourth-order valence-corrected chi connectivity index (χ4v) is 3.06. The topological polar surface area (TPSA) is 97.4 Å². The molecule has 0 bridgehead atoms. The average molecular weight is 375 g/mol. The second-order valence-electron chi connectivity index (χ2n) is 5.54. The molecule has 0 aliphatic heterocycles. The molecule has 2 N–H and O–H groups in total. The highest BCUT2D eigenvalue weighted by Crippen LogP contribution is 2.28. The summed E-state index contributed by atoms with van der Waals surface area (Å²) in [7, 11) is 0. The number of likely N-dealkylation sites (N-methyl/N-ethyl adjacent to an activating group) is 1. The lowest BCUT2D eigenvalue weighted by Gasteiger charge is -2.13. The lowest BCUT2D eigenvalue weighted by molar-refractivity contribution is -0.130. The van der Waals surface area contributed by atoms with Gasteiger partial charge in [-0.05, 0) is 20.8 Å². The molecule has 138 valence electrons. The van der Waals surface area contributed by atoms with Crippen molar-refractivity contribution < 1.29 is 19.1 Å². The zero-order valence-corrected chi connectivity index (χ0v) is 15.7.